The van der Waals surface area contributed by atoms with Crippen molar-refractivity contribution in [3.05, 3.63) is 75.5 Å². The predicted octanol–water partition coefficient (Wildman–Crippen LogP) is 4.97. The smallest absolute Gasteiger partial charge is 0.286 e. The number of nitrogens with one attached hydrogen (secondary N) is 1. The third kappa shape index (κ3) is 4.49. The molecule has 0 saturated heterocycles. The van der Waals surface area contributed by atoms with Crippen molar-refractivity contribution in [2.24, 2.45) is 0 Å². The number of hydrogen-bond acceptors (Lipinski definition) is 4. The molecule has 0 aliphatic heterocycles. The molecule has 0 saturated carbocycles. The second-order valence-corrected chi connectivity index (χ2v) is 6.66. The van der Waals surface area contributed by atoms with Gasteiger partial charge in [0.2, 0.25) is 5.01 Å². The molecule has 1 heterocycles. The molecule has 0 fully saturated rings. The Bertz CT molecular complexity index is 920. The third-order valence-electron chi connectivity index (χ3n) is 3.30. The first kappa shape index (κ1) is 17.3. The van der Waals surface area contributed by atoms with Crippen LogP contribution in [-0.2, 0) is 0 Å². The largest absolute Gasteiger partial charge is 0.320 e. The normalized spacial score (nSPS) is 11.4. The summed E-state index contributed by atoms with van der Waals surface area (Å²) in [5, 5.41) is 11.5. The number of aromatic nitrogens is 2. The van der Waals surface area contributed by atoms with Crippen LogP contribution < -0.4 is 5.32 Å². The Morgan fingerprint density at radius 3 is 2.40 bits per heavy atom. The molecular weight excluding hydrogens is 361 g/mol. The monoisotopic (exact) mass is 373 g/mol. The molecule has 0 aliphatic carbocycles. The van der Waals surface area contributed by atoms with Crippen molar-refractivity contribution >= 4 is 45.6 Å². The average molecular weight is 374 g/mol. The van der Waals surface area contributed by atoms with E-state index in [1.807, 2.05) is 31.2 Å². The minimum Gasteiger partial charge on any atom is -0.320 e. The van der Waals surface area contributed by atoms with Crippen molar-refractivity contribution in [2.75, 3.05) is 5.32 Å². The minimum absolute atomic E-state index is 0.209. The van der Waals surface area contributed by atoms with Crippen LogP contribution in [-0.4, -0.2) is 16.1 Å². The van der Waals surface area contributed by atoms with Crippen molar-refractivity contribution < 1.29 is 9.18 Å². The molecule has 0 atom stereocenters. The number of nitrogens with zero attached hydrogens (tertiary/aromatic N) is 2. The molecule has 126 valence electrons. The minimum atomic E-state index is -0.348. The fraction of sp³-hybridized carbons (Fsp3) is 0.0556. The van der Waals surface area contributed by atoms with E-state index < -0.39 is 0 Å². The van der Waals surface area contributed by atoms with E-state index >= 15 is 0 Å². The summed E-state index contributed by atoms with van der Waals surface area (Å²) >= 11 is 7.31. The Labute approximate surface area is 153 Å². The van der Waals surface area contributed by atoms with Gasteiger partial charge in [-0.15, -0.1) is 10.2 Å². The van der Waals surface area contributed by atoms with E-state index in [9.17, 15) is 9.18 Å². The molecule has 1 N–H and O–H groups in total. The SMILES string of the molecule is Cc1ccc(NC(=O)c2nnc(/C(Cl)=C/c3ccc(F)cc3)s2)cc1. The molecule has 25 heavy (non-hydrogen) atoms. The van der Waals surface area contributed by atoms with Gasteiger partial charge in [0.1, 0.15) is 5.82 Å². The lowest BCUT2D eigenvalue weighted by Gasteiger charge is -2.02. The third-order valence-corrected chi connectivity index (χ3v) is 4.65. The zero-order chi connectivity index (χ0) is 17.8. The second kappa shape index (κ2) is 7.55. The molecular formula is C18H13ClFN3OS. The quantitative estimate of drug-likeness (QED) is 0.702. The van der Waals surface area contributed by atoms with E-state index in [2.05, 4.69) is 15.5 Å². The Balaban J connectivity index is 1.73. The summed E-state index contributed by atoms with van der Waals surface area (Å²) in [6.07, 6.45) is 1.64. The van der Waals surface area contributed by atoms with Crippen molar-refractivity contribution in [2.45, 2.75) is 6.92 Å². The van der Waals surface area contributed by atoms with Gasteiger partial charge in [0.25, 0.3) is 5.91 Å². The highest BCUT2D eigenvalue weighted by molar-refractivity contribution is 7.15. The number of aryl methyl sites for hydroxylation is 1. The molecule has 0 bridgehead atoms. The number of amides is 1. The lowest BCUT2D eigenvalue weighted by atomic mass is 10.2. The maximum absolute atomic E-state index is 12.9. The van der Waals surface area contributed by atoms with Crippen molar-refractivity contribution in [1.29, 1.82) is 0 Å². The Morgan fingerprint density at radius 1 is 1.08 bits per heavy atom. The average Bonchev–Trinajstić information content (AvgIpc) is 3.09. The highest BCUT2D eigenvalue weighted by Crippen LogP contribution is 2.25. The summed E-state index contributed by atoms with van der Waals surface area (Å²) in [5.74, 6) is -0.668. The summed E-state index contributed by atoms with van der Waals surface area (Å²) in [6.45, 7) is 1.97. The first-order chi connectivity index (χ1) is 12.0. The van der Waals surface area contributed by atoms with Crippen LogP contribution in [0.2, 0.25) is 0 Å². The highest BCUT2D eigenvalue weighted by atomic mass is 35.5. The number of hydrogen-bond donors (Lipinski definition) is 1. The molecule has 1 aromatic heterocycles. The van der Waals surface area contributed by atoms with Crippen LogP contribution >= 0.6 is 22.9 Å². The lowest BCUT2D eigenvalue weighted by Crippen LogP contribution is -2.11. The van der Waals surface area contributed by atoms with Crippen molar-refractivity contribution in [3.63, 3.8) is 0 Å². The summed E-state index contributed by atoms with van der Waals surface area (Å²) in [5.41, 5.74) is 2.52. The molecule has 3 aromatic rings. The van der Waals surface area contributed by atoms with E-state index in [1.54, 1.807) is 18.2 Å². The van der Waals surface area contributed by atoms with Crippen LogP contribution in [0.1, 0.15) is 25.9 Å². The molecule has 4 nitrogen and oxygen atoms in total. The van der Waals surface area contributed by atoms with Gasteiger partial charge >= 0.3 is 0 Å². The van der Waals surface area contributed by atoms with Gasteiger partial charge in [-0.1, -0.05) is 52.8 Å². The molecule has 0 unspecified atom stereocenters. The summed E-state index contributed by atoms with van der Waals surface area (Å²) in [7, 11) is 0. The van der Waals surface area contributed by atoms with Gasteiger partial charge in [-0.05, 0) is 42.8 Å². The number of rotatable bonds is 4. The summed E-state index contributed by atoms with van der Waals surface area (Å²) < 4.78 is 12.9. The molecule has 0 radical (unpaired) electrons. The fourth-order valence-electron chi connectivity index (χ4n) is 2.00. The maximum atomic E-state index is 12.9. The maximum Gasteiger partial charge on any atom is 0.286 e. The van der Waals surface area contributed by atoms with Crippen LogP contribution in [0.5, 0.6) is 0 Å². The van der Waals surface area contributed by atoms with Gasteiger partial charge < -0.3 is 5.32 Å². The van der Waals surface area contributed by atoms with Gasteiger partial charge in [-0.2, -0.15) is 0 Å². The van der Waals surface area contributed by atoms with Crippen LogP contribution in [0.4, 0.5) is 10.1 Å². The van der Waals surface area contributed by atoms with Gasteiger partial charge in [0.05, 0.1) is 5.03 Å². The standard InChI is InChI=1S/C18H13ClFN3OS/c1-11-2-8-14(9-3-11)21-16(24)18-23-22-17(25-18)15(19)10-12-4-6-13(20)7-5-12/h2-10H,1H3,(H,21,24)/b15-10-. The zero-order valence-corrected chi connectivity index (χ0v) is 14.7. The number of carbonyl (C=O) groups excluding carboxylic acids is 1. The van der Waals surface area contributed by atoms with E-state index in [0.717, 1.165) is 22.5 Å². The summed E-state index contributed by atoms with van der Waals surface area (Å²) in [4.78, 5) is 12.2. The fourth-order valence-corrected chi connectivity index (χ4v) is 2.93. The van der Waals surface area contributed by atoms with Crippen molar-refractivity contribution in [3.8, 4) is 0 Å². The highest BCUT2D eigenvalue weighted by Gasteiger charge is 2.14. The first-order valence-electron chi connectivity index (χ1n) is 7.36. The number of anilines is 1. The predicted molar refractivity (Wildman–Crippen MR) is 99.2 cm³/mol. The molecule has 0 spiro atoms. The zero-order valence-electron chi connectivity index (χ0n) is 13.2. The first-order valence-corrected chi connectivity index (χ1v) is 8.55. The lowest BCUT2D eigenvalue weighted by molar-refractivity contribution is 0.102. The Morgan fingerprint density at radius 2 is 1.72 bits per heavy atom. The molecule has 2 aromatic carbocycles. The number of benzene rings is 2. The number of carbonyl (C=O) groups is 1. The molecule has 7 heteroatoms. The molecule has 1 amide bonds. The topological polar surface area (TPSA) is 54.9 Å². The van der Waals surface area contributed by atoms with E-state index in [-0.39, 0.29) is 16.7 Å². The summed E-state index contributed by atoms with van der Waals surface area (Å²) in [6, 6.07) is 13.3. The van der Waals surface area contributed by atoms with Crippen LogP contribution in [0.25, 0.3) is 11.1 Å². The molecule has 0 aliphatic rings. The van der Waals surface area contributed by atoms with Crippen LogP contribution in [0.15, 0.2) is 48.5 Å². The van der Waals surface area contributed by atoms with E-state index in [0.29, 0.717) is 15.7 Å². The van der Waals surface area contributed by atoms with Gasteiger partial charge in [0.15, 0.2) is 5.01 Å². The Hall–Kier alpha value is -2.57. The van der Waals surface area contributed by atoms with E-state index in [1.165, 1.54) is 12.1 Å². The van der Waals surface area contributed by atoms with Gasteiger partial charge in [-0.3, -0.25) is 4.79 Å². The van der Waals surface area contributed by atoms with Crippen LogP contribution in [0.3, 0.4) is 0 Å². The van der Waals surface area contributed by atoms with Crippen LogP contribution in [0, 0.1) is 12.7 Å². The second-order valence-electron chi connectivity index (χ2n) is 5.28. The molecule has 3 rings (SSSR count). The van der Waals surface area contributed by atoms with Gasteiger partial charge in [0, 0.05) is 5.69 Å². The van der Waals surface area contributed by atoms with Gasteiger partial charge in [-0.25, -0.2) is 4.39 Å². The Kier molecular flexibility index (Phi) is 5.21. The number of halogens is 2. The van der Waals surface area contributed by atoms with E-state index in [4.69, 9.17) is 11.6 Å². The van der Waals surface area contributed by atoms with Crippen molar-refractivity contribution in [1.82, 2.24) is 10.2 Å².